The molecule has 0 bridgehead atoms. The van der Waals surface area contributed by atoms with E-state index in [2.05, 4.69) is 4.98 Å². The van der Waals surface area contributed by atoms with E-state index in [-0.39, 0.29) is 18.2 Å². The van der Waals surface area contributed by atoms with E-state index >= 15 is 0 Å². The summed E-state index contributed by atoms with van der Waals surface area (Å²) in [5, 5.41) is 12.3. The standard InChI is InChI=1S/C26H25ClN4O2/c27-22-13-21(26(33)24-20(22)7-4-12-30-24)25(19-10-8-17(14-28)9-11-19)31(23(32)15-29)16-18-5-2-1-3-6-18/h1-13,25,33H,14-16,28-29H2. The van der Waals surface area contributed by atoms with Crippen molar-refractivity contribution in [3.8, 4) is 5.75 Å². The summed E-state index contributed by atoms with van der Waals surface area (Å²) < 4.78 is 0. The van der Waals surface area contributed by atoms with Gasteiger partial charge in [-0.15, -0.1) is 0 Å². The van der Waals surface area contributed by atoms with E-state index in [1.165, 1.54) is 0 Å². The van der Waals surface area contributed by atoms with Crippen LogP contribution in [0, 0.1) is 0 Å². The lowest BCUT2D eigenvalue weighted by atomic mass is 9.93. The van der Waals surface area contributed by atoms with Gasteiger partial charge in [0.2, 0.25) is 5.91 Å². The number of carbonyl (C=O) groups excluding carboxylic acids is 1. The van der Waals surface area contributed by atoms with Crippen LogP contribution < -0.4 is 11.5 Å². The Morgan fingerprint density at radius 2 is 1.73 bits per heavy atom. The van der Waals surface area contributed by atoms with Gasteiger partial charge in [-0.25, -0.2) is 0 Å². The second kappa shape index (κ2) is 10.0. The maximum absolute atomic E-state index is 13.1. The number of rotatable bonds is 7. The molecule has 0 aliphatic rings. The molecule has 0 aliphatic heterocycles. The van der Waals surface area contributed by atoms with Crippen LogP contribution in [0.2, 0.25) is 5.02 Å². The number of phenols is 1. The average molecular weight is 461 g/mol. The summed E-state index contributed by atoms with van der Waals surface area (Å²) in [6.45, 7) is 0.527. The lowest BCUT2D eigenvalue weighted by Gasteiger charge is -2.33. The zero-order valence-electron chi connectivity index (χ0n) is 18.0. The molecule has 1 heterocycles. The fourth-order valence-electron chi connectivity index (χ4n) is 4.00. The molecule has 0 saturated carbocycles. The summed E-state index contributed by atoms with van der Waals surface area (Å²) in [6.07, 6.45) is 1.60. The van der Waals surface area contributed by atoms with Crippen LogP contribution in [0.15, 0.2) is 79.0 Å². The molecule has 0 saturated heterocycles. The molecule has 7 heteroatoms. The predicted octanol–water partition coefficient (Wildman–Crippen LogP) is 4.13. The van der Waals surface area contributed by atoms with Crippen molar-refractivity contribution in [3.05, 3.63) is 106 Å². The number of pyridine rings is 1. The number of halogens is 1. The summed E-state index contributed by atoms with van der Waals surface area (Å²) in [5.41, 5.74) is 15.1. The molecule has 6 nitrogen and oxygen atoms in total. The third-order valence-corrected chi connectivity index (χ3v) is 5.99. The Morgan fingerprint density at radius 3 is 2.39 bits per heavy atom. The fraction of sp³-hybridized carbons (Fsp3) is 0.154. The van der Waals surface area contributed by atoms with E-state index in [1.54, 1.807) is 29.3 Å². The minimum absolute atomic E-state index is 0.0224. The predicted molar refractivity (Wildman–Crippen MR) is 131 cm³/mol. The summed E-state index contributed by atoms with van der Waals surface area (Å²) in [5.74, 6) is -0.283. The SMILES string of the molecule is NCC(=O)N(Cc1ccccc1)C(c1ccc(CN)cc1)c1cc(Cl)c2cccnc2c1O. The molecule has 1 amide bonds. The Bertz CT molecular complexity index is 1260. The molecule has 0 aliphatic carbocycles. The first-order valence-electron chi connectivity index (χ1n) is 10.6. The van der Waals surface area contributed by atoms with Crippen molar-refractivity contribution < 1.29 is 9.90 Å². The van der Waals surface area contributed by atoms with Gasteiger partial charge in [-0.3, -0.25) is 9.78 Å². The molecule has 1 unspecified atom stereocenters. The molecule has 0 spiro atoms. The van der Waals surface area contributed by atoms with Crippen molar-refractivity contribution >= 4 is 28.4 Å². The van der Waals surface area contributed by atoms with Crippen molar-refractivity contribution in [1.82, 2.24) is 9.88 Å². The lowest BCUT2D eigenvalue weighted by molar-refractivity contribution is -0.132. The normalized spacial score (nSPS) is 12.0. The highest BCUT2D eigenvalue weighted by atomic mass is 35.5. The fourth-order valence-corrected chi connectivity index (χ4v) is 4.27. The molecule has 3 aromatic carbocycles. The number of nitrogens with zero attached hydrogens (tertiary/aromatic N) is 2. The topological polar surface area (TPSA) is 105 Å². The Kier molecular flexibility index (Phi) is 6.89. The minimum atomic E-state index is -0.642. The van der Waals surface area contributed by atoms with Gasteiger partial charge in [-0.1, -0.05) is 66.2 Å². The van der Waals surface area contributed by atoms with Gasteiger partial charge in [0, 0.05) is 30.2 Å². The average Bonchev–Trinajstić information content (AvgIpc) is 2.87. The second-order valence-electron chi connectivity index (χ2n) is 7.76. The van der Waals surface area contributed by atoms with Gasteiger partial charge in [-0.05, 0) is 34.9 Å². The second-order valence-corrected chi connectivity index (χ2v) is 8.16. The van der Waals surface area contributed by atoms with Gasteiger partial charge >= 0.3 is 0 Å². The van der Waals surface area contributed by atoms with Crippen molar-refractivity contribution in [2.45, 2.75) is 19.1 Å². The van der Waals surface area contributed by atoms with Crippen LogP contribution in [-0.2, 0) is 17.9 Å². The first-order chi connectivity index (χ1) is 16.0. The van der Waals surface area contributed by atoms with Crippen LogP contribution in [0.4, 0.5) is 0 Å². The number of hydrogen-bond donors (Lipinski definition) is 3. The van der Waals surface area contributed by atoms with E-state index in [0.717, 1.165) is 16.7 Å². The van der Waals surface area contributed by atoms with Crippen molar-refractivity contribution in [2.75, 3.05) is 6.54 Å². The highest BCUT2D eigenvalue weighted by Gasteiger charge is 2.30. The number of aromatic hydroxyl groups is 1. The molecule has 0 fully saturated rings. The quantitative estimate of drug-likeness (QED) is 0.384. The Balaban J connectivity index is 1.93. The molecular formula is C26H25ClN4O2. The maximum atomic E-state index is 13.1. The molecule has 1 atom stereocenters. The lowest BCUT2D eigenvalue weighted by Crippen LogP contribution is -2.39. The van der Waals surface area contributed by atoms with E-state index in [0.29, 0.717) is 34.6 Å². The highest BCUT2D eigenvalue weighted by molar-refractivity contribution is 6.35. The first kappa shape index (κ1) is 22.7. The Hall–Kier alpha value is -3.45. The van der Waals surface area contributed by atoms with Crippen LogP contribution in [0.1, 0.15) is 28.3 Å². The number of fused-ring (bicyclic) bond motifs is 1. The number of carbonyl (C=O) groups is 1. The van der Waals surface area contributed by atoms with Crippen molar-refractivity contribution in [1.29, 1.82) is 0 Å². The number of nitrogens with two attached hydrogens (primary N) is 2. The number of hydrogen-bond acceptors (Lipinski definition) is 5. The number of amides is 1. The van der Waals surface area contributed by atoms with Gasteiger partial charge in [0.15, 0.2) is 0 Å². The molecule has 168 valence electrons. The molecule has 1 aromatic heterocycles. The van der Waals surface area contributed by atoms with Crippen molar-refractivity contribution in [3.63, 3.8) is 0 Å². The van der Waals surface area contributed by atoms with E-state index in [4.69, 9.17) is 23.1 Å². The number of phenolic OH excluding ortho intramolecular Hbond substituents is 1. The van der Waals surface area contributed by atoms with E-state index < -0.39 is 6.04 Å². The van der Waals surface area contributed by atoms with Crippen LogP contribution in [0.3, 0.4) is 0 Å². The number of benzene rings is 3. The molecule has 0 radical (unpaired) electrons. The smallest absolute Gasteiger partial charge is 0.237 e. The molecule has 4 aromatic rings. The highest BCUT2D eigenvalue weighted by Crippen LogP contribution is 2.41. The van der Waals surface area contributed by atoms with Crippen molar-refractivity contribution in [2.24, 2.45) is 11.5 Å². The Morgan fingerprint density at radius 1 is 1.00 bits per heavy atom. The van der Waals surface area contributed by atoms with Gasteiger partial charge in [0.25, 0.3) is 0 Å². The minimum Gasteiger partial charge on any atom is -0.505 e. The molecule has 4 rings (SSSR count). The molecular weight excluding hydrogens is 436 g/mol. The van der Waals surface area contributed by atoms with E-state index in [1.807, 2.05) is 54.6 Å². The van der Waals surface area contributed by atoms with Gasteiger partial charge < -0.3 is 21.5 Å². The van der Waals surface area contributed by atoms with Gasteiger partial charge in [0.1, 0.15) is 11.3 Å². The summed E-state index contributed by atoms with van der Waals surface area (Å²) >= 11 is 6.60. The summed E-state index contributed by atoms with van der Waals surface area (Å²) in [7, 11) is 0. The van der Waals surface area contributed by atoms with Gasteiger partial charge in [-0.2, -0.15) is 0 Å². The molecule has 33 heavy (non-hydrogen) atoms. The van der Waals surface area contributed by atoms with Crippen LogP contribution in [-0.4, -0.2) is 27.4 Å². The summed E-state index contributed by atoms with van der Waals surface area (Å²) in [6, 6.07) is 21.9. The Labute approximate surface area is 197 Å². The first-order valence-corrected chi connectivity index (χ1v) is 11.0. The zero-order chi connectivity index (χ0) is 23.4. The largest absolute Gasteiger partial charge is 0.505 e. The van der Waals surface area contributed by atoms with Crippen LogP contribution in [0.25, 0.3) is 10.9 Å². The molecule has 5 N–H and O–H groups in total. The van der Waals surface area contributed by atoms with Crippen LogP contribution in [0.5, 0.6) is 5.75 Å². The monoisotopic (exact) mass is 460 g/mol. The third kappa shape index (κ3) is 4.68. The number of aromatic nitrogens is 1. The third-order valence-electron chi connectivity index (χ3n) is 5.67. The maximum Gasteiger partial charge on any atom is 0.237 e. The summed E-state index contributed by atoms with van der Waals surface area (Å²) in [4.78, 5) is 19.1. The van der Waals surface area contributed by atoms with Gasteiger partial charge in [0.05, 0.1) is 17.6 Å². The van der Waals surface area contributed by atoms with Crippen LogP contribution >= 0.6 is 11.6 Å². The van der Waals surface area contributed by atoms with E-state index in [9.17, 15) is 9.90 Å². The zero-order valence-corrected chi connectivity index (χ0v) is 18.7.